The van der Waals surface area contributed by atoms with E-state index in [0.717, 1.165) is 31.6 Å². The van der Waals surface area contributed by atoms with E-state index in [-0.39, 0.29) is 48.1 Å². The minimum atomic E-state index is -0.318. The molecule has 1 aliphatic carbocycles. The molecule has 2 aliphatic rings. The summed E-state index contributed by atoms with van der Waals surface area (Å²) in [6.07, 6.45) is 2.78. The van der Waals surface area contributed by atoms with Crippen molar-refractivity contribution in [1.82, 2.24) is 16.0 Å². The average Bonchev–Trinajstić information content (AvgIpc) is 3.49. The second-order valence-electron chi connectivity index (χ2n) is 9.85. The Bertz CT molecular complexity index is 972. The highest BCUT2D eigenvalue weighted by molar-refractivity contribution is 5.93. The minimum Gasteiger partial charge on any atom is -0.497 e. The van der Waals surface area contributed by atoms with Crippen LogP contribution >= 0.6 is 0 Å². The Kier molecular flexibility index (Phi) is 11.6. The van der Waals surface area contributed by atoms with Gasteiger partial charge in [-0.2, -0.15) is 0 Å². The van der Waals surface area contributed by atoms with Gasteiger partial charge in [0.2, 0.25) is 11.8 Å². The molecule has 2 aromatic rings. The molecule has 1 saturated carbocycles. The van der Waals surface area contributed by atoms with Gasteiger partial charge in [-0.3, -0.25) is 14.4 Å². The van der Waals surface area contributed by atoms with E-state index in [4.69, 9.17) is 4.74 Å². The molecule has 1 heterocycles. The summed E-state index contributed by atoms with van der Waals surface area (Å²) >= 11 is 0. The van der Waals surface area contributed by atoms with Gasteiger partial charge in [-0.05, 0) is 57.7 Å². The van der Waals surface area contributed by atoms with Crippen molar-refractivity contribution in [2.45, 2.75) is 53.0 Å². The van der Waals surface area contributed by atoms with E-state index in [9.17, 15) is 14.4 Å². The molecule has 2 aromatic carbocycles. The number of ether oxygens (including phenoxy) is 1. The number of methoxy groups -OCH3 is 1. The summed E-state index contributed by atoms with van der Waals surface area (Å²) < 4.78 is 4.97. The summed E-state index contributed by atoms with van der Waals surface area (Å²) in [6.45, 7) is 8.88. The molecule has 196 valence electrons. The van der Waals surface area contributed by atoms with Crippen molar-refractivity contribution in [3.05, 3.63) is 65.7 Å². The predicted molar refractivity (Wildman–Crippen MR) is 143 cm³/mol. The number of hydrogen-bond donors (Lipinski definition) is 3. The maximum absolute atomic E-state index is 11.8. The fourth-order valence-corrected chi connectivity index (χ4v) is 3.59. The summed E-state index contributed by atoms with van der Waals surface area (Å²) in [7, 11) is 1.67. The summed E-state index contributed by atoms with van der Waals surface area (Å²) in [6, 6.07) is 18.0. The summed E-state index contributed by atoms with van der Waals surface area (Å²) in [5.74, 6) is 0.811. The highest BCUT2D eigenvalue weighted by Gasteiger charge is 2.44. The number of aryl methyl sites for hydroxylation is 2. The largest absolute Gasteiger partial charge is 0.497 e. The lowest BCUT2D eigenvalue weighted by Gasteiger charge is -2.15. The van der Waals surface area contributed by atoms with Gasteiger partial charge < -0.3 is 20.7 Å². The first kappa shape index (κ1) is 29.0. The average molecular weight is 496 g/mol. The van der Waals surface area contributed by atoms with E-state index in [1.165, 1.54) is 11.1 Å². The maximum atomic E-state index is 11.8. The second kappa shape index (κ2) is 14.4. The van der Waals surface area contributed by atoms with E-state index in [0.29, 0.717) is 0 Å². The highest BCUT2D eigenvalue weighted by atomic mass is 16.5. The number of nitrogens with one attached hydrogen (secondary N) is 3. The molecule has 7 nitrogen and oxygen atoms in total. The zero-order valence-corrected chi connectivity index (χ0v) is 22.2. The molecule has 2 atom stereocenters. The van der Waals surface area contributed by atoms with E-state index < -0.39 is 0 Å². The van der Waals surface area contributed by atoms with Crippen LogP contribution in [0.3, 0.4) is 0 Å². The number of carbonyl (C=O) groups excluding carboxylic acids is 3. The lowest BCUT2D eigenvalue weighted by atomic mass is 10.0. The minimum absolute atomic E-state index is 0.0588. The topological polar surface area (TPSA) is 96.5 Å². The monoisotopic (exact) mass is 495 g/mol. The van der Waals surface area contributed by atoms with Crippen molar-refractivity contribution in [2.24, 2.45) is 11.3 Å². The van der Waals surface area contributed by atoms with Gasteiger partial charge in [-0.1, -0.05) is 67.4 Å². The lowest BCUT2D eigenvalue weighted by Crippen LogP contribution is -2.47. The van der Waals surface area contributed by atoms with E-state index >= 15 is 0 Å². The third-order valence-electron chi connectivity index (χ3n) is 6.56. The van der Waals surface area contributed by atoms with Crippen molar-refractivity contribution < 1.29 is 19.1 Å². The Morgan fingerprint density at radius 3 is 2.03 bits per heavy atom. The van der Waals surface area contributed by atoms with Crippen LogP contribution in [0, 0.1) is 25.2 Å². The summed E-state index contributed by atoms with van der Waals surface area (Å²) in [5, 5.41) is 8.28. The molecule has 1 saturated heterocycles. The highest BCUT2D eigenvalue weighted by Crippen LogP contribution is 2.45. The molecule has 2 amide bonds. The van der Waals surface area contributed by atoms with E-state index in [2.05, 4.69) is 41.9 Å². The first-order chi connectivity index (χ1) is 17.1. The molecule has 0 bridgehead atoms. The number of benzene rings is 2. The molecule has 0 radical (unpaired) electrons. The number of hydrogen-bond acceptors (Lipinski definition) is 5. The van der Waals surface area contributed by atoms with Crippen LogP contribution in [0.1, 0.15) is 44.2 Å². The van der Waals surface area contributed by atoms with Crippen LogP contribution in [0.5, 0.6) is 5.75 Å². The first-order valence-electron chi connectivity index (χ1n) is 12.6. The van der Waals surface area contributed by atoms with E-state index in [1.54, 1.807) is 7.11 Å². The van der Waals surface area contributed by atoms with Crippen LogP contribution in [-0.4, -0.2) is 50.4 Å². The summed E-state index contributed by atoms with van der Waals surface area (Å²) in [5.41, 5.74) is 2.36. The molecular formula is C29H41N3O4. The molecular weight excluding hydrogens is 454 g/mol. The van der Waals surface area contributed by atoms with Crippen LogP contribution in [-0.2, 0) is 14.4 Å². The van der Waals surface area contributed by atoms with Crippen LogP contribution in [0.2, 0.25) is 0 Å². The smallest absolute Gasteiger partial charge is 0.239 e. The molecule has 0 aromatic heterocycles. The molecule has 3 N–H and O–H groups in total. The SMILES string of the molecule is CC1CCNC1C(=O)NCC(=O)NCC(=O)C1(C)CC1.COc1ccc(C)cc1.Cc1ccccc1. The fraction of sp³-hybridized carbons (Fsp3) is 0.483. The third kappa shape index (κ3) is 10.2. The standard InChI is InChI=1S/C14H23N3O3.C8H10O.C7H8/c1-9-3-6-15-12(9)13(20)17-8-11(19)16-7-10(18)14(2)4-5-14;1-7-3-5-8(9-2)6-4-7;1-7-5-3-2-4-6-7/h9,12,15H,3-8H2,1-2H3,(H,16,19)(H,17,20);3-6H,1-2H3;2-6H,1H3. The number of ketones is 1. The van der Waals surface area contributed by atoms with Crippen LogP contribution in [0.4, 0.5) is 0 Å². The number of amides is 2. The van der Waals surface area contributed by atoms with Gasteiger partial charge in [0.05, 0.1) is 26.2 Å². The van der Waals surface area contributed by atoms with Gasteiger partial charge >= 0.3 is 0 Å². The van der Waals surface area contributed by atoms with Gasteiger partial charge in [-0.15, -0.1) is 0 Å². The molecule has 7 heteroatoms. The Morgan fingerprint density at radius 2 is 1.56 bits per heavy atom. The van der Waals surface area contributed by atoms with Gasteiger partial charge in [0.1, 0.15) is 5.75 Å². The van der Waals surface area contributed by atoms with Crippen LogP contribution in [0.15, 0.2) is 54.6 Å². The van der Waals surface area contributed by atoms with Gasteiger partial charge in [0.15, 0.2) is 5.78 Å². The van der Waals surface area contributed by atoms with Gasteiger partial charge in [-0.25, -0.2) is 0 Å². The normalized spacial score (nSPS) is 18.9. The van der Waals surface area contributed by atoms with Gasteiger partial charge in [0, 0.05) is 5.41 Å². The quantitative estimate of drug-likeness (QED) is 0.546. The maximum Gasteiger partial charge on any atom is 0.239 e. The van der Waals surface area contributed by atoms with Gasteiger partial charge in [0.25, 0.3) is 0 Å². The second-order valence-corrected chi connectivity index (χ2v) is 9.85. The van der Waals surface area contributed by atoms with E-state index in [1.807, 2.05) is 56.3 Å². The van der Waals surface area contributed by atoms with Crippen LogP contribution in [0.25, 0.3) is 0 Å². The van der Waals surface area contributed by atoms with Crippen molar-refractivity contribution in [1.29, 1.82) is 0 Å². The zero-order chi connectivity index (χ0) is 26.6. The number of rotatable bonds is 7. The summed E-state index contributed by atoms with van der Waals surface area (Å²) in [4.78, 5) is 35.2. The predicted octanol–water partition coefficient (Wildman–Crippen LogP) is 3.58. The molecule has 2 fully saturated rings. The van der Waals surface area contributed by atoms with Crippen LogP contribution < -0.4 is 20.7 Å². The van der Waals surface area contributed by atoms with Crippen molar-refractivity contribution in [3.63, 3.8) is 0 Å². The Morgan fingerprint density at radius 1 is 0.944 bits per heavy atom. The zero-order valence-electron chi connectivity index (χ0n) is 22.2. The molecule has 1 aliphatic heterocycles. The first-order valence-corrected chi connectivity index (χ1v) is 12.6. The fourth-order valence-electron chi connectivity index (χ4n) is 3.59. The lowest BCUT2D eigenvalue weighted by molar-refractivity contribution is -0.129. The van der Waals surface area contributed by atoms with Crippen molar-refractivity contribution in [2.75, 3.05) is 26.7 Å². The Hall–Kier alpha value is -3.19. The third-order valence-corrected chi connectivity index (χ3v) is 6.56. The molecule has 2 unspecified atom stereocenters. The van der Waals surface area contributed by atoms with Crippen molar-refractivity contribution >= 4 is 17.6 Å². The molecule has 36 heavy (non-hydrogen) atoms. The number of carbonyl (C=O) groups is 3. The molecule has 0 spiro atoms. The van der Waals surface area contributed by atoms with Crippen molar-refractivity contribution in [3.8, 4) is 5.75 Å². The Balaban J connectivity index is 0.000000233. The Labute approximate surface area is 215 Å². The number of Topliss-reactive ketones (excluding diaryl/α,β-unsaturated/α-hetero) is 1. The molecule has 4 rings (SSSR count).